The lowest BCUT2D eigenvalue weighted by Gasteiger charge is -2.16. The number of ether oxygens (including phenoxy) is 1. The van der Waals surface area contributed by atoms with Crippen molar-refractivity contribution in [3.8, 4) is 5.75 Å². The largest absolute Gasteiger partial charge is 0.483 e. The van der Waals surface area contributed by atoms with Crippen LogP contribution < -0.4 is 10.1 Å². The minimum absolute atomic E-state index is 0.0104. The average molecular weight is 439 g/mol. The summed E-state index contributed by atoms with van der Waals surface area (Å²) in [5, 5.41) is 12.0. The fraction of sp³-hybridized carbons (Fsp3) is 0.304. The summed E-state index contributed by atoms with van der Waals surface area (Å²) in [5.74, 6) is 1.52. The molecule has 1 unspecified atom stereocenters. The van der Waals surface area contributed by atoms with Crippen LogP contribution in [0.4, 0.5) is 5.69 Å². The maximum Gasteiger partial charge on any atom is 0.234 e. The number of nitrogens with one attached hydrogen (secondary N) is 1. The number of anilines is 1. The molecule has 0 bridgehead atoms. The molecule has 0 spiro atoms. The Morgan fingerprint density at radius 2 is 1.90 bits per heavy atom. The Labute approximate surface area is 186 Å². The van der Waals surface area contributed by atoms with Crippen LogP contribution in [0.3, 0.4) is 0 Å². The quantitative estimate of drug-likeness (QED) is 0.386. The number of amides is 1. The van der Waals surface area contributed by atoms with Crippen LogP contribution in [-0.4, -0.2) is 32.2 Å². The van der Waals surface area contributed by atoms with E-state index in [0.717, 1.165) is 11.3 Å². The fourth-order valence-corrected chi connectivity index (χ4v) is 3.88. The summed E-state index contributed by atoms with van der Waals surface area (Å²) in [7, 11) is 0. The second-order valence-electron chi connectivity index (χ2n) is 7.13. The Balaban J connectivity index is 1.61. The van der Waals surface area contributed by atoms with Gasteiger partial charge in [-0.2, -0.15) is 0 Å². The summed E-state index contributed by atoms with van der Waals surface area (Å²) < 4.78 is 7.99. The molecule has 0 aliphatic heterocycles. The number of thioether (sulfide) groups is 1. The van der Waals surface area contributed by atoms with E-state index >= 15 is 0 Å². The molecule has 0 aliphatic carbocycles. The number of benzene rings is 2. The van der Waals surface area contributed by atoms with E-state index in [2.05, 4.69) is 15.5 Å². The van der Waals surface area contributed by atoms with Gasteiger partial charge < -0.3 is 14.6 Å². The number of aromatic nitrogens is 3. The van der Waals surface area contributed by atoms with Gasteiger partial charge in [0.2, 0.25) is 5.91 Å². The molecule has 2 aromatic carbocycles. The van der Waals surface area contributed by atoms with Gasteiger partial charge in [-0.1, -0.05) is 23.9 Å². The number of carbonyl (C=O) groups excluding carboxylic acids is 2. The van der Waals surface area contributed by atoms with Gasteiger partial charge in [0.25, 0.3) is 0 Å². The first-order chi connectivity index (χ1) is 14.9. The van der Waals surface area contributed by atoms with Crippen molar-refractivity contribution in [1.29, 1.82) is 0 Å². The smallest absolute Gasteiger partial charge is 0.234 e. The summed E-state index contributed by atoms with van der Waals surface area (Å²) in [4.78, 5) is 23.7. The van der Waals surface area contributed by atoms with Crippen molar-refractivity contribution in [1.82, 2.24) is 14.8 Å². The number of carbonyl (C=O) groups is 2. The first-order valence-electron chi connectivity index (χ1n) is 10.1. The highest BCUT2D eigenvalue weighted by atomic mass is 32.2. The van der Waals surface area contributed by atoms with Crippen LogP contribution in [0.1, 0.15) is 48.6 Å². The minimum atomic E-state index is -0.280. The van der Waals surface area contributed by atoms with E-state index in [4.69, 9.17) is 4.74 Å². The molecule has 1 N–H and O–H groups in total. The van der Waals surface area contributed by atoms with Crippen LogP contribution in [-0.2, 0) is 11.3 Å². The number of nitrogens with zero attached hydrogens (tertiary/aromatic N) is 3. The van der Waals surface area contributed by atoms with Crippen LogP contribution >= 0.6 is 11.8 Å². The zero-order valence-corrected chi connectivity index (χ0v) is 18.9. The third-order valence-electron chi connectivity index (χ3n) is 4.64. The van der Waals surface area contributed by atoms with Gasteiger partial charge in [0, 0.05) is 17.8 Å². The number of Topliss-reactive ketones (excluding diaryl/α,β-unsaturated/α-hetero) is 1. The Morgan fingerprint density at radius 1 is 1.16 bits per heavy atom. The number of ketones is 1. The van der Waals surface area contributed by atoms with E-state index in [1.807, 2.05) is 49.6 Å². The molecule has 1 heterocycles. The second-order valence-corrected chi connectivity index (χ2v) is 8.07. The molecule has 1 aromatic heterocycles. The highest BCUT2D eigenvalue weighted by molar-refractivity contribution is 7.99. The summed E-state index contributed by atoms with van der Waals surface area (Å²) in [6, 6.07) is 14.7. The number of rotatable bonds is 9. The molecule has 0 aliphatic rings. The molecule has 162 valence electrons. The van der Waals surface area contributed by atoms with Crippen molar-refractivity contribution < 1.29 is 14.3 Å². The minimum Gasteiger partial charge on any atom is -0.483 e. The lowest BCUT2D eigenvalue weighted by molar-refractivity contribution is -0.113. The summed E-state index contributed by atoms with van der Waals surface area (Å²) in [6.07, 6.45) is -0.280. The Hall–Kier alpha value is -3.13. The Bertz CT molecular complexity index is 1060. The third-order valence-corrected chi connectivity index (χ3v) is 5.60. The van der Waals surface area contributed by atoms with Gasteiger partial charge in [-0.3, -0.25) is 9.59 Å². The highest BCUT2D eigenvalue weighted by Gasteiger charge is 2.19. The van der Waals surface area contributed by atoms with E-state index in [1.165, 1.54) is 18.7 Å². The van der Waals surface area contributed by atoms with Crippen LogP contribution in [0.25, 0.3) is 0 Å². The molecule has 0 saturated heterocycles. The van der Waals surface area contributed by atoms with Crippen LogP contribution in [0.2, 0.25) is 0 Å². The van der Waals surface area contributed by atoms with Crippen molar-refractivity contribution in [2.75, 3.05) is 11.1 Å². The predicted octanol–water partition coefficient (Wildman–Crippen LogP) is 4.68. The topological polar surface area (TPSA) is 86.1 Å². The second kappa shape index (κ2) is 10.3. The van der Waals surface area contributed by atoms with E-state index in [1.54, 1.807) is 24.3 Å². The van der Waals surface area contributed by atoms with Gasteiger partial charge >= 0.3 is 0 Å². The maximum atomic E-state index is 12.3. The summed E-state index contributed by atoms with van der Waals surface area (Å²) in [6.45, 7) is 8.14. The first kappa shape index (κ1) is 22.6. The van der Waals surface area contributed by atoms with Crippen molar-refractivity contribution in [3.63, 3.8) is 0 Å². The standard InChI is InChI=1S/C23H26N4O3S/c1-5-27-22(17(4)30-20-8-6-7-15(2)13-20)25-26-23(27)31-14-21(29)24-19-11-9-18(10-12-19)16(3)28/h6-13,17H,5,14H2,1-4H3,(H,24,29). The van der Waals surface area contributed by atoms with Gasteiger partial charge in [-0.15, -0.1) is 10.2 Å². The van der Waals surface area contributed by atoms with Gasteiger partial charge in [0.15, 0.2) is 22.9 Å². The summed E-state index contributed by atoms with van der Waals surface area (Å²) >= 11 is 1.32. The van der Waals surface area contributed by atoms with Crippen molar-refractivity contribution in [2.45, 2.75) is 45.5 Å². The van der Waals surface area contributed by atoms with Crippen molar-refractivity contribution in [2.24, 2.45) is 0 Å². The van der Waals surface area contributed by atoms with E-state index in [0.29, 0.717) is 28.8 Å². The Morgan fingerprint density at radius 3 is 2.55 bits per heavy atom. The molecular formula is C23H26N4O3S. The molecule has 0 radical (unpaired) electrons. The summed E-state index contributed by atoms with van der Waals surface area (Å²) in [5.41, 5.74) is 2.38. The number of hydrogen-bond donors (Lipinski definition) is 1. The molecule has 31 heavy (non-hydrogen) atoms. The number of aryl methyl sites for hydroxylation is 1. The lowest BCUT2D eigenvalue weighted by atomic mass is 10.1. The molecule has 3 aromatic rings. The fourth-order valence-electron chi connectivity index (χ4n) is 3.07. The molecule has 3 rings (SSSR count). The molecule has 7 nitrogen and oxygen atoms in total. The van der Waals surface area contributed by atoms with Crippen LogP contribution in [0.5, 0.6) is 5.75 Å². The average Bonchev–Trinajstić information content (AvgIpc) is 3.16. The Kier molecular flexibility index (Phi) is 7.46. The highest BCUT2D eigenvalue weighted by Crippen LogP contribution is 2.25. The SMILES string of the molecule is CCn1c(SCC(=O)Nc2ccc(C(C)=O)cc2)nnc1C(C)Oc1cccc(C)c1. The van der Waals surface area contributed by atoms with E-state index < -0.39 is 0 Å². The predicted molar refractivity (Wildman–Crippen MR) is 122 cm³/mol. The first-order valence-corrected chi connectivity index (χ1v) is 11.1. The van der Waals surface area contributed by atoms with Crippen LogP contribution in [0.15, 0.2) is 53.7 Å². The lowest BCUT2D eigenvalue weighted by Crippen LogP contribution is -2.15. The van der Waals surface area contributed by atoms with Crippen molar-refractivity contribution in [3.05, 3.63) is 65.5 Å². The zero-order valence-electron chi connectivity index (χ0n) is 18.1. The molecule has 8 heteroatoms. The normalized spacial score (nSPS) is 11.7. The molecular weight excluding hydrogens is 412 g/mol. The monoisotopic (exact) mass is 438 g/mol. The van der Waals surface area contributed by atoms with Gasteiger partial charge in [-0.05, 0) is 69.7 Å². The van der Waals surface area contributed by atoms with Gasteiger partial charge in [0.1, 0.15) is 5.75 Å². The molecule has 0 saturated carbocycles. The number of hydrogen-bond acceptors (Lipinski definition) is 6. The zero-order chi connectivity index (χ0) is 22.4. The maximum absolute atomic E-state index is 12.3. The van der Waals surface area contributed by atoms with Crippen molar-refractivity contribution >= 4 is 29.1 Å². The van der Waals surface area contributed by atoms with E-state index in [-0.39, 0.29) is 23.5 Å². The van der Waals surface area contributed by atoms with Gasteiger partial charge in [-0.25, -0.2) is 0 Å². The van der Waals surface area contributed by atoms with Gasteiger partial charge in [0.05, 0.1) is 5.75 Å². The third kappa shape index (κ3) is 5.95. The molecule has 1 atom stereocenters. The molecule has 0 fully saturated rings. The molecule has 1 amide bonds. The van der Waals surface area contributed by atoms with E-state index in [9.17, 15) is 9.59 Å². The van der Waals surface area contributed by atoms with Crippen LogP contribution in [0, 0.1) is 6.92 Å².